The molecule has 0 unspecified atom stereocenters. The molecule has 33 heavy (non-hydrogen) atoms. The molecule has 2 aromatic heterocycles. The molecule has 10 nitrogen and oxygen atoms in total. The van der Waals surface area contributed by atoms with Crippen LogP contribution in [0.2, 0.25) is 0 Å². The van der Waals surface area contributed by atoms with E-state index < -0.39 is 5.97 Å². The second-order valence-corrected chi connectivity index (χ2v) is 8.26. The lowest BCUT2D eigenvalue weighted by atomic mass is 10.0. The first-order valence-electron chi connectivity index (χ1n) is 11.2. The number of hydrogen-bond donors (Lipinski definition) is 1. The number of anilines is 3. The molecule has 3 aromatic rings. The van der Waals surface area contributed by atoms with Crippen molar-refractivity contribution >= 4 is 23.4 Å². The van der Waals surface area contributed by atoms with Crippen molar-refractivity contribution < 1.29 is 14.3 Å². The molecular weight excluding hydrogens is 422 g/mol. The van der Waals surface area contributed by atoms with Gasteiger partial charge in [-0.15, -0.1) is 10.2 Å². The Morgan fingerprint density at radius 2 is 2.06 bits per heavy atom. The number of carbonyl (C=O) groups excluding carboxylic acids is 1. The topological polar surface area (TPSA) is 107 Å². The Morgan fingerprint density at radius 1 is 1.24 bits per heavy atom. The summed E-state index contributed by atoms with van der Waals surface area (Å²) in [5.41, 5.74) is 1.94. The third-order valence-electron chi connectivity index (χ3n) is 6.44. The standard InChI is InChI=1S/C23H27N7O3/c1-4-17-21-28-25-13-29(21)18-12-24-23(27-20(18)30(17)15-7-5-6-8-15)26-16-10-9-14(22(31)33-3)11-19(16)32-2/h9-13,15,17H,4-8H2,1-3H3,(H,24,26,27)/t17-/m1/s1. The van der Waals surface area contributed by atoms with Crippen LogP contribution in [0.5, 0.6) is 5.75 Å². The van der Waals surface area contributed by atoms with Crippen molar-refractivity contribution in [2.24, 2.45) is 0 Å². The molecule has 1 saturated carbocycles. The van der Waals surface area contributed by atoms with Crippen LogP contribution in [0.25, 0.3) is 5.69 Å². The number of nitrogens with zero attached hydrogens (tertiary/aromatic N) is 6. The van der Waals surface area contributed by atoms with E-state index in [9.17, 15) is 4.79 Å². The van der Waals surface area contributed by atoms with E-state index in [1.54, 1.807) is 37.8 Å². The number of hydrogen-bond acceptors (Lipinski definition) is 9. The molecule has 0 radical (unpaired) electrons. The summed E-state index contributed by atoms with van der Waals surface area (Å²) >= 11 is 0. The van der Waals surface area contributed by atoms with Gasteiger partial charge >= 0.3 is 5.97 Å². The summed E-state index contributed by atoms with van der Waals surface area (Å²) in [4.78, 5) is 23.8. The summed E-state index contributed by atoms with van der Waals surface area (Å²) < 4.78 is 12.3. The Morgan fingerprint density at radius 3 is 2.79 bits per heavy atom. The van der Waals surface area contributed by atoms with Crippen LogP contribution < -0.4 is 15.0 Å². The second-order valence-electron chi connectivity index (χ2n) is 8.26. The largest absolute Gasteiger partial charge is 0.495 e. The van der Waals surface area contributed by atoms with Gasteiger partial charge in [0.2, 0.25) is 5.95 Å². The summed E-state index contributed by atoms with van der Waals surface area (Å²) in [6.07, 6.45) is 9.16. The average Bonchev–Trinajstić information content (AvgIpc) is 3.55. The summed E-state index contributed by atoms with van der Waals surface area (Å²) in [5, 5.41) is 11.8. The zero-order valence-corrected chi connectivity index (χ0v) is 19.0. The Kier molecular flexibility index (Phi) is 5.57. The molecule has 1 aliphatic carbocycles. The molecule has 0 bridgehead atoms. The second kappa shape index (κ2) is 8.68. The highest BCUT2D eigenvalue weighted by Crippen LogP contribution is 2.43. The quantitative estimate of drug-likeness (QED) is 0.562. The van der Waals surface area contributed by atoms with E-state index in [2.05, 4.69) is 32.3 Å². The smallest absolute Gasteiger partial charge is 0.337 e. The van der Waals surface area contributed by atoms with Crippen LogP contribution in [0, 0.1) is 0 Å². The van der Waals surface area contributed by atoms with Crippen molar-refractivity contribution in [2.75, 3.05) is 24.4 Å². The van der Waals surface area contributed by atoms with Gasteiger partial charge in [-0.05, 0) is 37.5 Å². The van der Waals surface area contributed by atoms with Gasteiger partial charge in [0.15, 0.2) is 11.6 Å². The van der Waals surface area contributed by atoms with Gasteiger partial charge in [0.05, 0.1) is 37.7 Å². The molecule has 0 spiro atoms. The molecule has 10 heteroatoms. The van der Waals surface area contributed by atoms with E-state index in [4.69, 9.17) is 14.5 Å². The third-order valence-corrected chi connectivity index (χ3v) is 6.44. The number of carbonyl (C=O) groups is 1. The van der Waals surface area contributed by atoms with E-state index >= 15 is 0 Å². The molecule has 1 atom stereocenters. The molecule has 3 heterocycles. The Balaban J connectivity index is 1.54. The fourth-order valence-electron chi connectivity index (χ4n) is 4.86. The minimum atomic E-state index is -0.424. The molecule has 1 aliphatic heterocycles. The highest BCUT2D eigenvalue weighted by atomic mass is 16.5. The van der Waals surface area contributed by atoms with Gasteiger partial charge in [-0.25, -0.2) is 9.78 Å². The molecule has 5 rings (SSSR count). The highest BCUT2D eigenvalue weighted by Gasteiger charge is 2.38. The van der Waals surface area contributed by atoms with Crippen LogP contribution in [0.15, 0.2) is 30.7 Å². The molecule has 172 valence electrons. The first-order valence-corrected chi connectivity index (χ1v) is 11.2. The van der Waals surface area contributed by atoms with Gasteiger partial charge in [0, 0.05) is 6.04 Å². The maximum atomic E-state index is 11.9. The molecule has 0 saturated heterocycles. The minimum Gasteiger partial charge on any atom is -0.495 e. The summed E-state index contributed by atoms with van der Waals surface area (Å²) in [5.74, 6) is 2.34. The Labute approximate surface area is 192 Å². The molecule has 1 aromatic carbocycles. The first kappa shape index (κ1) is 21.2. The van der Waals surface area contributed by atoms with Crippen LogP contribution in [-0.2, 0) is 4.74 Å². The minimum absolute atomic E-state index is 0.111. The number of ether oxygens (including phenoxy) is 2. The van der Waals surface area contributed by atoms with Crippen LogP contribution in [-0.4, -0.2) is 51.0 Å². The predicted molar refractivity (Wildman–Crippen MR) is 122 cm³/mol. The van der Waals surface area contributed by atoms with Crippen molar-refractivity contribution in [3.8, 4) is 11.4 Å². The van der Waals surface area contributed by atoms with E-state index in [0.29, 0.717) is 29.0 Å². The summed E-state index contributed by atoms with van der Waals surface area (Å²) in [7, 11) is 2.90. The molecule has 1 fully saturated rings. The van der Waals surface area contributed by atoms with Crippen molar-refractivity contribution in [3.05, 3.63) is 42.1 Å². The lowest BCUT2D eigenvalue weighted by molar-refractivity contribution is 0.0600. The SMILES string of the molecule is CC[C@@H]1c2nncn2-c2cnc(Nc3ccc(C(=O)OC)cc3OC)nc2N1C1CCCC1. The average molecular weight is 450 g/mol. The molecule has 0 amide bonds. The fraction of sp³-hybridized carbons (Fsp3) is 0.435. The van der Waals surface area contributed by atoms with Gasteiger partial charge in [-0.3, -0.25) is 4.57 Å². The first-order chi connectivity index (χ1) is 16.1. The molecule has 1 N–H and O–H groups in total. The summed E-state index contributed by atoms with van der Waals surface area (Å²) in [6.45, 7) is 2.17. The Bertz CT molecular complexity index is 1170. The van der Waals surface area contributed by atoms with E-state index in [0.717, 1.165) is 36.6 Å². The van der Waals surface area contributed by atoms with Crippen LogP contribution in [0.1, 0.15) is 61.3 Å². The number of nitrogens with one attached hydrogen (secondary N) is 1. The number of rotatable bonds is 6. The summed E-state index contributed by atoms with van der Waals surface area (Å²) in [6, 6.07) is 5.59. The maximum Gasteiger partial charge on any atom is 0.337 e. The number of benzene rings is 1. The van der Waals surface area contributed by atoms with Gasteiger partial charge in [0.1, 0.15) is 17.8 Å². The highest BCUT2D eigenvalue weighted by molar-refractivity contribution is 5.91. The van der Waals surface area contributed by atoms with Crippen LogP contribution >= 0.6 is 0 Å². The zero-order valence-electron chi connectivity index (χ0n) is 19.0. The lowest BCUT2D eigenvalue weighted by Crippen LogP contribution is -2.42. The van der Waals surface area contributed by atoms with Gasteiger partial charge in [-0.2, -0.15) is 4.98 Å². The normalized spacial score (nSPS) is 17.4. The van der Waals surface area contributed by atoms with Crippen molar-refractivity contribution in [1.29, 1.82) is 0 Å². The van der Waals surface area contributed by atoms with Crippen molar-refractivity contribution in [2.45, 2.75) is 51.1 Å². The Hall–Kier alpha value is -3.69. The van der Waals surface area contributed by atoms with E-state index in [1.165, 1.54) is 20.0 Å². The van der Waals surface area contributed by atoms with Gasteiger partial charge < -0.3 is 19.7 Å². The van der Waals surface area contributed by atoms with Crippen molar-refractivity contribution in [1.82, 2.24) is 24.7 Å². The van der Waals surface area contributed by atoms with Gasteiger partial charge in [0.25, 0.3) is 0 Å². The van der Waals surface area contributed by atoms with Gasteiger partial charge in [-0.1, -0.05) is 19.8 Å². The molecule has 2 aliphatic rings. The monoisotopic (exact) mass is 449 g/mol. The lowest BCUT2D eigenvalue weighted by Gasteiger charge is -2.40. The third kappa shape index (κ3) is 3.65. The number of methoxy groups -OCH3 is 2. The van der Waals surface area contributed by atoms with Crippen LogP contribution in [0.4, 0.5) is 17.5 Å². The predicted octanol–water partition coefficient (Wildman–Crippen LogP) is 3.81. The van der Waals surface area contributed by atoms with E-state index in [-0.39, 0.29) is 6.04 Å². The number of fused-ring (bicyclic) bond motifs is 3. The maximum absolute atomic E-state index is 11.9. The van der Waals surface area contributed by atoms with Crippen molar-refractivity contribution in [3.63, 3.8) is 0 Å². The van der Waals surface area contributed by atoms with E-state index in [1.807, 2.05) is 4.57 Å². The number of aromatic nitrogens is 5. The zero-order chi connectivity index (χ0) is 22.9. The van der Waals surface area contributed by atoms with Crippen LogP contribution in [0.3, 0.4) is 0 Å². The molecular formula is C23H27N7O3. The number of esters is 1. The fourth-order valence-corrected chi connectivity index (χ4v) is 4.86.